The van der Waals surface area contributed by atoms with Crippen LogP contribution in [0.15, 0.2) is 54.6 Å². The second kappa shape index (κ2) is 8.32. The zero-order valence-electron chi connectivity index (χ0n) is 16.2. The van der Waals surface area contributed by atoms with E-state index in [0.29, 0.717) is 11.7 Å². The van der Waals surface area contributed by atoms with Gasteiger partial charge in [0.2, 0.25) is 0 Å². The topological polar surface area (TPSA) is 33.2 Å². The summed E-state index contributed by atoms with van der Waals surface area (Å²) >= 11 is 6.56. The van der Waals surface area contributed by atoms with Crippen molar-refractivity contribution >= 4 is 28.4 Å². The number of aryl methyl sites for hydroxylation is 1. The predicted molar refractivity (Wildman–Crippen MR) is 115 cm³/mol. The molecule has 4 heteroatoms. The molecule has 0 atom stereocenters. The highest BCUT2D eigenvalue weighted by Gasteiger charge is 2.27. The van der Waals surface area contributed by atoms with E-state index in [9.17, 15) is 4.79 Å². The number of hydrogen-bond donors (Lipinski definition) is 0. The molecule has 0 radical (unpaired) electrons. The number of pyridine rings is 1. The van der Waals surface area contributed by atoms with Crippen molar-refractivity contribution in [2.24, 2.45) is 0 Å². The van der Waals surface area contributed by atoms with Gasteiger partial charge in [-0.25, -0.2) is 4.98 Å². The van der Waals surface area contributed by atoms with Crippen LogP contribution in [0.4, 0.5) is 0 Å². The summed E-state index contributed by atoms with van der Waals surface area (Å²) in [5.41, 5.74) is 3.67. The van der Waals surface area contributed by atoms with E-state index >= 15 is 0 Å². The Bertz CT molecular complexity index is 981. The second-order valence-electron chi connectivity index (χ2n) is 7.68. The van der Waals surface area contributed by atoms with Gasteiger partial charge in [-0.3, -0.25) is 4.79 Å². The van der Waals surface area contributed by atoms with Crippen LogP contribution in [0, 0.1) is 6.92 Å². The van der Waals surface area contributed by atoms with Crippen LogP contribution in [0.1, 0.15) is 53.6 Å². The molecule has 1 heterocycles. The van der Waals surface area contributed by atoms with Gasteiger partial charge in [-0.05, 0) is 43.5 Å². The number of aromatic nitrogens is 1. The van der Waals surface area contributed by atoms with Crippen LogP contribution in [0.5, 0.6) is 0 Å². The lowest BCUT2D eigenvalue weighted by Crippen LogP contribution is -2.41. The summed E-state index contributed by atoms with van der Waals surface area (Å²) in [5.74, 6) is 0.0768. The number of para-hydroxylation sites is 1. The molecule has 3 nitrogen and oxygen atoms in total. The Labute approximate surface area is 171 Å². The molecular weight excluding hydrogens is 368 g/mol. The highest BCUT2D eigenvalue weighted by atomic mass is 35.5. The zero-order chi connectivity index (χ0) is 19.5. The van der Waals surface area contributed by atoms with Gasteiger partial charge in [-0.15, -0.1) is 0 Å². The molecule has 2 aromatic carbocycles. The zero-order valence-corrected chi connectivity index (χ0v) is 17.0. The molecule has 0 unspecified atom stereocenters. The summed E-state index contributed by atoms with van der Waals surface area (Å²) in [6, 6.07) is 18.0. The van der Waals surface area contributed by atoms with Gasteiger partial charge in [-0.2, -0.15) is 0 Å². The summed E-state index contributed by atoms with van der Waals surface area (Å²) in [5, 5.41) is 1.55. The third-order valence-corrected chi connectivity index (χ3v) is 6.04. The van der Waals surface area contributed by atoms with E-state index < -0.39 is 0 Å². The van der Waals surface area contributed by atoms with Crippen molar-refractivity contribution in [2.45, 2.75) is 51.6 Å². The number of carbonyl (C=O) groups excluding carboxylic acids is 1. The summed E-state index contributed by atoms with van der Waals surface area (Å²) in [6.45, 7) is 2.53. The fourth-order valence-corrected chi connectivity index (χ4v) is 4.37. The lowest BCUT2D eigenvalue weighted by molar-refractivity contribution is 0.0614. The first-order valence-electron chi connectivity index (χ1n) is 10.0. The van der Waals surface area contributed by atoms with E-state index in [-0.39, 0.29) is 11.9 Å². The lowest BCUT2D eigenvalue weighted by atomic mass is 9.93. The summed E-state index contributed by atoms with van der Waals surface area (Å²) in [7, 11) is 0. The number of nitrogens with zero attached hydrogens (tertiary/aromatic N) is 2. The van der Waals surface area contributed by atoms with E-state index in [4.69, 9.17) is 11.6 Å². The fraction of sp³-hybridized carbons (Fsp3) is 0.333. The first-order chi connectivity index (χ1) is 13.6. The molecule has 0 aliphatic heterocycles. The second-order valence-corrected chi connectivity index (χ2v) is 8.03. The minimum Gasteiger partial charge on any atom is -0.331 e. The smallest absolute Gasteiger partial charge is 0.254 e. The van der Waals surface area contributed by atoms with Crippen LogP contribution in [-0.4, -0.2) is 21.8 Å². The largest absolute Gasteiger partial charge is 0.331 e. The Balaban J connectivity index is 1.70. The van der Waals surface area contributed by atoms with Crippen LogP contribution in [0.25, 0.3) is 10.9 Å². The highest BCUT2D eigenvalue weighted by Crippen LogP contribution is 2.29. The number of amides is 1. The Morgan fingerprint density at radius 2 is 1.82 bits per heavy atom. The van der Waals surface area contributed by atoms with Crippen molar-refractivity contribution in [3.8, 4) is 0 Å². The average Bonchev–Trinajstić information content (AvgIpc) is 2.74. The van der Waals surface area contributed by atoms with Crippen molar-refractivity contribution < 1.29 is 4.79 Å². The Morgan fingerprint density at radius 3 is 2.57 bits per heavy atom. The van der Waals surface area contributed by atoms with Gasteiger partial charge in [0.05, 0.1) is 5.52 Å². The van der Waals surface area contributed by atoms with Gasteiger partial charge in [-0.1, -0.05) is 67.3 Å². The van der Waals surface area contributed by atoms with E-state index in [1.165, 1.54) is 19.3 Å². The first kappa shape index (κ1) is 18.9. The third kappa shape index (κ3) is 3.90. The minimum absolute atomic E-state index is 0.0768. The Morgan fingerprint density at radius 1 is 1.07 bits per heavy atom. The molecule has 1 saturated carbocycles. The Kier molecular flexibility index (Phi) is 5.63. The van der Waals surface area contributed by atoms with Gasteiger partial charge in [0, 0.05) is 29.1 Å². The van der Waals surface area contributed by atoms with E-state index in [0.717, 1.165) is 40.4 Å². The van der Waals surface area contributed by atoms with Crippen LogP contribution in [0.2, 0.25) is 5.15 Å². The number of fused-ring (bicyclic) bond motifs is 1. The third-order valence-electron chi connectivity index (χ3n) is 5.71. The highest BCUT2D eigenvalue weighted by molar-refractivity contribution is 6.30. The van der Waals surface area contributed by atoms with Crippen LogP contribution in [-0.2, 0) is 6.54 Å². The van der Waals surface area contributed by atoms with Crippen LogP contribution >= 0.6 is 11.6 Å². The fourth-order valence-electron chi connectivity index (χ4n) is 4.17. The molecule has 0 N–H and O–H groups in total. The summed E-state index contributed by atoms with van der Waals surface area (Å²) < 4.78 is 0. The SMILES string of the molecule is Cc1cccc2cc(CN(C(=O)c3ccccc3)C3CCCCC3)c(Cl)nc12. The van der Waals surface area contributed by atoms with Gasteiger partial charge in [0.1, 0.15) is 5.15 Å². The molecule has 1 aliphatic rings. The van der Waals surface area contributed by atoms with Gasteiger partial charge in [0.15, 0.2) is 0 Å². The maximum absolute atomic E-state index is 13.3. The average molecular weight is 393 g/mol. The predicted octanol–water partition coefficient (Wildman–Crippen LogP) is 6.17. The molecule has 1 aliphatic carbocycles. The summed E-state index contributed by atoms with van der Waals surface area (Å²) in [4.78, 5) is 20.0. The first-order valence-corrected chi connectivity index (χ1v) is 10.4. The standard InChI is InChI=1S/C24H25ClN2O/c1-17-9-8-12-19-15-20(23(25)26-22(17)19)16-27(21-13-6-3-7-14-21)24(28)18-10-4-2-5-11-18/h2,4-5,8-12,15,21H,3,6-7,13-14,16H2,1H3. The van der Waals surface area contributed by atoms with Gasteiger partial charge in [0.25, 0.3) is 5.91 Å². The molecular formula is C24H25ClN2O. The van der Waals surface area contributed by atoms with Crippen molar-refractivity contribution in [2.75, 3.05) is 0 Å². The van der Waals surface area contributed by atoms with E-state index in [1.807, 2.05) is 54.3 Å². The van der Waals surface area contributed by atoms with E-state index in [1.54, 1.807) is 0 Å². The molecule has 0 bridgehead atoms. The molecule has 1 amide bonds. The number of hydrogen-bond acceptors (Lipinski definition) is 2. The maximum atomic E-state index is 13.3. The molecule has 144 valence electrons. The number of halogens is 1. The van der Waals surface area contributed by atoms with Crippen molar-refractivity contribution in [3.63, 3.8) is 0 Å². The normalized spacial score (nSPS) is 14.9. The molecule has 0 saturated heterocycles. The van der Waals surface area contributed by atoms with Crippen molar-refractivity contribution in [1.82, 2.24) is 9.88 Å². The number of carbonyl (C=O) groups is 1. The lowest BCUT2D eigenvalue weighted by Gasteiger charge is -2.35. The quantitative estimate of drug-likeness (QED) is 0.497. The van der Waals surface area contributed by atoms with Gasteiger partial charge < -0.3 is 4.90 Å². The minimum atomic E-state index is 0.0768. The molecule has 3 aromatic rings. The van der Waals surface area contributed by atoms with Crippen LogP contribution in [0.3, 0.4) is 0 Å². The monoisotopic (exact) mass is 392 g/mol. The molecule has 28 heavy (non-hydrogen) atoms. The maximum Gasteiger partial charge on any atom is 0.254 e. The Hall–Kier alpha value is -2.39. The molecule has 4 rings (SSSR count). The van der Waals surface area contributed by atoms with Crippen molar-refractivity contribution in [3.05, 3.63) is 76.4 Å². The van der Waals surface area contributed by atoms with Gasteiger partial charge >= 0.3 is 0 Å². The van der Waals surface area contributed by atoms with Crippen LogP contribution < -0.4 is 0 Å². The molecule has 1 fully saturated rings. The molecule has 1 aromatic heterocycles. The number of benzene rings is 2. The van der Waals surface area contributed by atoms with E-state index in [2.05, 4.69) is 17.1 Å². The number of rotatable bonds is 4. The summed E-state index contributed by atoms with van der Waals surface area (Å²) in [6.07, 6.45) is 5.70. The van der Waals surface area contributed by atoms with Crippen molar-refractivity contribution in [1.29, 1.82) is 0 Å². The molecule has 0 spiro atoms.